The van der Waals surface area contributed by atoms with Crippen molar-refractivity contribution in [3.63, 3.8) is 0 Å². The topological polar surface area (TPSA) is 86.6 Å². The van der Waals surface area contributed by atoms with Gasteiger partial charge in [0.15, 0.2) is 0 Å². The number of anilines is 1. The molecule has 3 aromatic carbocycles. The Morgan fingerprint density at radius 2 is 1.52 bits per heavy atom. The van der Waals surface area contributed by atoms with Gasteiger partial charge >= 0.3 is 6.03 Å². The molecule has 6 nitrogen and oxygen atoms in total. The van der Waals surface area contributed by atoms with Crippen LogP contribution in [-0.2, 0) is 11.3 Å². The Hall–Kier alpha value is -3.51. The SMILES string of the molecule is N=NC(c1ccccc1)c1ccc(COCCNC(=O)Nc2ccccc2)cc1. The van der Waals surface area contributed by atoms with Gasteiger partial charge in [0.1, 0.15) is 6.04 Å². The lowest BCUT2D eigenvalue weighted by atomic mass is 9.99. The summed E-state index contributed by atoms with van der Waals surface area (Å²) in [5.41, 5.74) is 11.2. The molecule has 0 aliphatic carbocycles. The molecule has 3 aromatic rings. The molecule has 0 saturated heterocycles. The van der Waals surface area contributed by atoms with Crippen molar-refractivity contribution in [2.24, 2.45) is 5.11 Å². The highest BCUT2D eigenvalue weighted by Gasteiger charge is 2.12. The van der Waals surface area contributed by atoms with E-state index in [4.69, 9.17) is 10.3 Å². The predicted octanol–water partition coefficient (Wildman–Crippen LogP) is 5.15. The normalized spacial score (nSPS) is 11.4. The van der Waals surface area contributed by atoms with E-state index in [2.05, 4.69) is 15.7 Å². The minimum Gasteiger partial charge on any atom is -0.375 e. The maximum atomic E-state index is 11.8. The number of hydrogen-bond donors (Lipinski definition) is 3. The Morgan fingerprint density at radius 3 is 2.17 bits per heavy atom. The molecule has 0 aliphatic rings. The Balaban J connectivity index is 1.40. The van der Waals surface area contributed by atoms with Crippen molar-refractivity contribution in [3.05, 3.63) is 102 Å². The summed E-state index contributed by atoms with van der Waals surface area (Å²) in [7, 11) is 0. The summed E-state index contributed by atoms with van der Waals surface area (Å²) in [6.07, 6.45) is 0. The highest BCUT2D eigenvalue weighted by molar-refractivity contribution is 5.89. The van der Waals surface area contributed by atoms with E-state index in [-0.39, 0.29) is 12.1 Å². The summed E-state index contributed by atoms with van der Waals surface area (Å²) in [6.45, 7) is 1.29. The number of ether oxygens (including phenoxy) is 1. The van der Waals surface area contributed by atoms with E-state index in [0.29, 0.717) is 19.8 Å². The smallest absolute Gasteiger partial charge is 0.319 e. The fraction of sp³-hybridized carbons (Fsp3) is 0.174. The number of carbonyl (C=O) groups is 1. The molecule has 6 heteroatoms. The molecule has 0 fully saturated rings. The van der Waals surface area contributed by atoms with E-state index < -0.39 is 0 Å². The summed E-state index contributed by atoms with van der Waals surface area (Å²) < 4.78 is 5.63. The van der Waals surface area contributed by atoms with Gasteiger partial charge in [-0.05, 0) is 28.8 Å². The van der Waals surface area contributed by atoms with E-state index in [1.54, 1.807) is 0 Å². The van der Waals surface area contributed by atoms with E-state index in [1.165, 1.54) is 0 Å². The molecule has 29 heavy (non-hydrogen) atoms. The van der Waals surface area contributed by atoms with E-state index in [0.717, 1.165) is 22.4 Å². The van der Waals surface area contributed by atoms with Gasteiger partial charge in [0.05, 0.1) is 13.2 Å². The van der Waals surface area contributed by atoms with Crippen LogP contribution in [0.3, 0.4) is 0 Å². The van der Waals surface area contributed by atoms with Crippen LogP contribution in [0.5, 0.6) is 0 Å². The van der Waals surface area contributed by atoms with Gasteiger partial charge in [0.25, 0.3) is 0 Å². The van der Waals surface area contributed by atoms with Crippen molar-refractivity contribution in [3.8, 4) is 0 Å². The van der Waals surface area contributed by atoms with Gasteiger partial charge in [-0.15, -0.1) is 0 Å². The van der Waals surface area contributed by atoms with Gasteiger partial charge in [-0.25, -0.2) is 10.3 Å². The summed E-state index contributed by atoms with van der Waals surface area (Å²) in [6, 6.07) is 26.4. The number of para-hydroxylation sites is 1. The first-order valence-corrected chi connectivity index (χ1v) is 9.44. The Kier molecular flexibility index (Phi) is 7.48. The highest BCUT2D eigenvalue weighted by Crippen LogP contribution is 2.26. The number of carbonyl (C=O) groups excluding carboxylic acids is 1. The largest absolute Gasteiger partial charge is 0.375 e. The number of amides is 2. The molecule has 2 amide bonds. The second kappa shape index (κ2) is 10.7. The first kappa shape index (κ1) is 20.2. The Bertz CT molecular complexity index is 899. The van der Waals surface area contributed by atoms with Crippen molar-refractivity contribution in [1.82, 2.24) is 5.32 Å². The van der Waals surface area contributed by atoms with Crippen LogP contribution in [-0.4, -0.2) is 19.2 Å². The molecular formula is C23H24N4O2. The first-order chi connectivity index (χ1) is 14.3. The van der Waals surface area contributed by atoms with Gasteiger partial charge in [-0.3, -0.25) is 0 Å². The summed E-state index contributed by atoms with van der Waals surface area (Å²) in [5, 5.41) is 9.28. The van der Waals surface area contributed by atoms with Crippen LogP contribution >= 0.6 is 0 Å². The zero-order valence-corrected chi connectivity index (χ0v) is 16.0. The molecule has 0 radical (unpaired) electrons. The van der Waals surface area contributed by atoms with Crippen LogP contribution in [0, 0.1) is 5.53 Å². The van der Waals surface area contributed by atoms with Crippen LogP contribution in [0.1, 0.15) is 22.7 Å². The third kappa shape index (κ3) is 6.26. The van der Waals surface area contributed by atoms with Crippen molar-refractivity contribution in [2.75, 3.05) is 18.5 Å². The van der Waals surface area contributed by atoms with Gasteiger partial charge < -0.3 is 15.4 Å². The molecule has 0 heterocycles. The highest BCUT2D eigenvalue weighted by atomic mass is 16.5. The monoisotopic (exact) mass is 388 g/mol. The second-order valence-corrected chi connectivity index (χ2v) is 6.48. The van der Waals surface area contributed by atoms with Gasteiger partial charge in [0.2, 0.25) is 0 Å². The number of nitrogens with one attached hydrogen (secondary N) is 3. The standard InChI is InChI=1S/C23H24N4O2/c24-27-22(19-7-3-1-4-8-19)20-13-11-18(12-14-20)17-29-16-15-25-23(28)26-21-9-5-2-6-10-21/h1-14,22,24H,15-17H2,(H2,25,26,28). The van der Waals surface area contributed by atoms with Gasteiger partial charge in [-0.1, -0.05) is 72.8 Å². The second-order valence-electron chi connectivity index (χ2n) is 6.48. The quantitative estimate of drug-likeness (QED) is 0.350. The molecule has 0 saturated carbocycles. The van der Waals surface area contributed by atoms with Crippen LogP contribution in [0.25, 0.3) is 0 Å². The molecule has 0 aromatic heterocycles. The van der Waals surface area contributed by atoms with Crippen molar-refractivity contribution < 1.29 is 9.53 Å². The van der Waals surface area contributed by atoms with Crippen LogP contribution in [0.15, 0.2) is 90.0 Å². The summed E-state index contributed by atoms with van der Waals surface area (Å²) in [5.74, 6) is 0. The summed E-state index contributed by atoms with van der Waals surface area (Å²) >= 11 is 0. The average Bonchev–Trinajstić information content (AvgIpc) is 2.76. The lowest BCUT2D eigenvalue weighted by Gasteiger charge is -2.12. The number of hydrogen-bond acceptors (Lipinski definition) is 4. The lowest BCUT2D eigenvalue weighted by Crippen LogP contribution is -2.31. The zero-order valence-electron chi connectivity index (χ0n) is 16.0. The molecule has 3 N–H and O–H groups in total. The Morgan fingerprint density at radius 1 is 0.897 bits per heavy atom. The summed E-state index contributed by atoms with van der Waals surface area (Å²) in [4.78, 5) is 11.8. The number of nitrogens with zero attached hydrogens (tertiary/aromatic N) is 1. The van der Waals surface area contributed by atoms with Crippen LogP contribution in [0.4, 0.5) is 10.5 Å². The van der Waals surface area contributed by atoms with E-state index in [9.17, 15) is 4.79 Å². The molecule has 3 rings (SSSR count). The minimum atomic E-state index is -0.293. The van der Waals surface area contributed by atoms with Gasteiger partial charge in [-0.2, -0.15) is 5.11 Å². The molecule has 148 valence electrons. The maximum Gasteiger partial charge on any atom is 0.319 e. The Labute approximate surface area is 170 Å². The predicted molar refractivity (Wildman–Crippen MR) is 113 cm³/mol. The zero-order chi connectivity index (χ0) is 20.3. The average molecular weight is 388 g/mol. The number of benzene rings is 3. The maximum absolute atomic E-state index is 11.8. The molecular weight excluding hydrogens is 364 g/mol. The van der Waals surface area contributed by atoms with Crippen molar-refractivity contribution in [2.45, 2.75) is 12.6 Å². The van der Waals surface area contributed by atoms with Crippen molar-refractivity contribution in [1.29, 1.82) is 5.53 Å². The molecule has 0 aliphatic heterocycles. The molecule has 1 atom stereocenters. The number of rotatable bonds is 9. The molecule has 0 spiro atoms. The molecule has 0 bridgehead atoms. The van der Waals surface area contributed by atoms with Crippen LogP contribution < -0.4 is 10.6 Å². The molecule has 1 unspecified atom stereocenters. The first-order valence-electron chi connectivity index (χ1n) is 9.44. The lowest BCUT2D eigenvalue weighted by molar-refractivity contribution is 0.124. The fourth-order valence-electron chi connectivity index (χ4n) is 2.90. The number of urea groups is 1. The fourth-order valence-corrected chi connectivity index (χ4v) is 2.90. The minimum absolute atomic E-state index is 0.254. The third-order valence-corrected chi connectivity index (χ3v) is 4.37. The van der Waals surface area contributed by atoms with Gasteiger partial charge in [0, 0.05) is 12.2 Å². The van der Waals surface area contributed by atoms with E-state index in [1.807, 2.05) is 84.9 Å². The third-order valence-electron chi connectivity index (χ3n) is 4.37. The van der Waals surface area contributed by atoms with Crippen LogP contribution in [0.2, 0.25) is 0 Å². The van der Waals surface area contributed by atoms with E-state index >= 15 is 0 Å². The van der Waals surface area contributed by atoms with Crippen molar-refractivity contribution >= 4 is 11.7 Å².